The molecule has 102 valence electrons. The molecule has 1 heterocycles. The lowest BCUT2D eigenvalue weighted by Gasteiger charge is -2.06. The molecule has 0 radical (unpaired) electrons. The molecule has 0 spiro atoms. The van der Waals surface area contributed by atoms with Gasteiger partial charge in [-0.3, -0.25) is 0 Å². The van der Waals surface area contributed by atoms with Gasteiger partial charge in [0.2, 0.25) is 0 Å². The Labute approximate surface area is 127 Å². The van der Waals surface area contributed by atoms with Gasteiger partial charge in [0.1, 0.15) is 5.01 Å². The molecule has 1 aromatic carbocycles. The molecule has 0 amide bonds. The van der Waals surface area contributed by atoms with Crippen LogP contribution in [0.15, 0.2) is 22.0 Å². The predicted octanol–water partition coefficient (Wildman–Crippen LogP) is 4.69. The minimum Gasteiger partial charge on any atom is -0.309 e. The normalized spacial score (nSPS) is 11.3. The molecule has 0 saturated carbocycles. The van der Waals surface area contributed by atoms with Gasteiger partial charge < -0.3 is 5.32 Å². The predicted molar refractivity (Wildman–Crippen MR) is 86.7 cm³/mol. The Hall–Kier alpha value is -0.710. The standard InChI is InChI=1S/C15H19BrN2S/c1-9(2)17-7-13-8-19-15(18-13)12-5-10(3)14(16)11(4)6-12/h5-6,8-9,17H,7H2,1-4H3. The smallest absolute Gasteiger partial charge is 0.123 e. The van der Waals surface area contributed by atoms with Crippen LogP contribution in [-0.2, 0) is 6.54 Å². The summed E-state index contributed by atoms with van der Waals surface area (Å²) in [6.45, 7) is 9.37. The van der Waals surface area contributed by atoms with Gasteiger partial charge >= 0.3 is 0 Å². The second-order valence-corrected chi connectivity index (χ2v) is 6.75. The Bertz CT molecular complexity index is 552. The number of hydrogen-bond acceptors (Lipinski definition) is 3. The highest BCUT2D eigenvalue weighted by Crippen LogP contribution is 2.30. The molecule has 0 saturated heterocycles. The van der Waals surface area contributed by atoms with E-state index >= 15 is 0 Å². The highest BCUT2D eigenvalue weighted by molar-refractivity contribution is 9.10. The molecule has 0 aliphatic rings. The van der Waals surface area contributed by atoms with Crippen molar-refractivity contribution in [2.45, 2.75) is 40.3 Å². The summed E-state index contributed by atoms with van der Waals surface area (Å²) in [6.07, 6.45) is 0. The molecular weight excluding hydrogens is 320 g/mol. The van der Waals surface area contributed by atoms with Crippen molar-refractivity contribution in [3.63, 3.8) is 0 Å². The van der Waals surface area contributed by atoms with E-state index in [0.717, 1.165) is 17.2 Å². The number of nitrogens with zero attached hydrogens (tertiary/aromatic N) is 1. The van der Waals surface area contributed by atoms with E-state index in [4.69, 9.17) is 4.98 Å². The van der Waals surface area contributed by atoms with Crippen LogP contribution in [0, 0.1) is 13.8 Å². The van der Waals surface area contributed by atoms with Gasteiger partial charge in [0, 0.05) is 28.0 Å². The summed E-state index contributed by atoms with van der Waals surface area (Å²) in [5.74, 6) is 0. The zero-order valence-electron chi connectivity index (χ0n) is 11.7. The van der Waals surface area contributed by atoms with Gasteiger partial charge in [0.05, 0.1) is 5.69 Å². The van der Waals surface area contributed by atoms with E-state index in [0.29, 0.717) is 6.04 Å². The molecule has 0 aliphatic carbocycles. The van der Waals surface area contributed by atoms with E-state index in [-0.39, 0.29) is 0 Å². The van der Waals surface area contributed by atoms with Gasteiger partial charge in [-0.2, -0.15) is 0 Å². The molecule has 0 aliphatic heterocycles. The van der Waals surface area contributed by atoms with Crippen molar-refractivity contribution in [2.75, 3.05) is 0 Å². The monoisotopic (exact) mass is 338 g/mol. The fourth-order valence-electron chi connectivity index (χ4n) is 1.90. The molecule has 2 nitrogen and oxygen atoms in total. The molecule has 2 aromatic rings. The summed E-state index contributed by atoms with van der Waals surface area (Å²) in [7, 11) is 0. The third-order valence-corrected chi connectivity index (χ3v) is 5.12. The molecule has 0 bridgehead atoms. The van der Waals surface area contributed by atoms with Gasteiger partial charge in [0.15, 0.2) is 0 Å². The van der Waals surface area contributed by atoms with Gasteiger partial charge in [-0.1, -0.05) is 29.8 Å². The molecule has 1 aromatic heterocycles. The highest BCUT2D eigenvalue weighted by Gasteiger charge is 2.08. The van der Waals surface area contributed by atoms with Crippen LogP contribution in [0.25, 0.3) is 10.6 Å². The number of benzene rings is 1. The Kier molecular flexibility index (Phi) is 4.76. The maximum Gasteiger partial charge on any atom is 0.123 e. The van der Waals surface area contributed by atoms with Gasteiger partial charge in [-0.15, -0.1) is 11.3 Å². The van der Waals surface area contributed by atoms with Crippen LogP contribution >= 0.6 is 27.3 Å². The van der Waals surface area contributed by atoms with Crippen LogP contribution in [0.2, 0.25) is 0 Å². The number of aryl methyl sites for hydroxylation is 2. The molecule has 2 rings (SSSR count). The fraction of sp³-hybridized carbons (Fsp3) is 0.400. The third kappa shape index (κ3) is 3.65. The van der Waals surface area contributed by atoms with Crippen LogP contribution in [0.3, 0.4) is 0 Å². The Morgan fingerprint density at radius 2 is 1.89 bits per heavy atom. The SMILES string of the molecule is Cc1cc(-c2nc(CNC(C)C)cs2)cc(C)c1Br. The summed E-state index contributed by atoms with van der Waals surface area (Å²) in [5.41, 5.74) is 4.84. The molecule has 0 atom stereocenters. The minimum absolute atomic E-state index is 0.488. The average Bonchev–Trinajstić information content (AvgIpc) is 2.81. The maximum atomic E-state index is 4.71. The Morgan fingerprint density at radius 1 is 1.26 bits per heavy atom. The van der Waals surface area contributed by atoms with Crippen molar-refractivity contribution in [3.05, 3.63) is 38.8 Å². The molecule has 19 heavy (non-hydrogen) atoms. The lowest BCUT2D eigenvalue weighted by atomic mass is 10.1. The summed E-state index contributed by atoms with van der Waals surface area (Å²) in [6, 6.07) is 4.87. The number of nitrogens with one attached hydrogen (secondary N) is 1. The minimum atomic E-state index is 0.488. The van der Waals surface area contributed by atoms with E-state index < -0.39 is 0 Å². The average molecular weight is 339 g/mol. The summed E-state index contributed by atoms with van der Waals surface area (Å²) in [4.78, 5) is 4.71. The van der Waals surface area contributed by atoms with Crippen molar-refractivity contribution in [2.24, 2.45) is 0 Å². The Morgan fingerprint density at radius 3 is 2.47 bits per heavy atom. The van der Waals surface area contributed by atoms with Crippen molar-refractivity contribution >= 4 is 27.3 Å². The van der Waals surface area contributed by atoms with Crippen molar-refractivity contribution in [1.29, 1.82) is 0 Å². The Balaban J connectivity index is 2.23. The van der Waals surface area contributed by atoms with E-state index in [1.165, 1.54) is 21.2 Å². The maximum absolute atomic E-state index is 4.71. The first-order valence-electron chi connectivity index (χ1n) is 6.42. The topological polar surface area (TPSA) is 24.9 Å². The molecule has 0 fully saturated rings. The molecule has 4 heteroatoms. The zero-order valence-corrected chi connectivity index (χ0v) is 14.2. The van der Waals surface area contributed by atoms with E-state index in [2.05, 4.69) is 66.5 Å². The first-order valence-corrected chi connectivity index (χ1v) is 8.09. The lowest BCUT2D eigenvalue weighted by molar-refractivity contribution is 0.583. The largest absolute Gasteiger partial charge is 0.309 e. The molecule has 0 unspecified atom stereocenters. The lowest BCUT2D eigenvalue weighted by Crippen LogP contribution is -2.21. The zero-order chi connectivity index (χ0) is 14.0. The highest BCUT2D eigenvalue weighted by atomic mass is 79.9. The number of halogens is 1. The van der Waals surface area contributed by atoms with E-state index in [9.17, 15) is 0 Å². The summed E-state index contributed by atoms with van der Waals surface area (Å²) in [5, 5.41) is 6.63. The van der Waals surface area contributed by atoms with Crippen LogP contribution in [0.1, 0.15) is 30.7 Å². The number of hydrogen-bond donors (Lipinski definition) is 1. The van der Waals surface area contributed by atoms with Gasteiger partial charge in [-0.05, 0) is 37.1 Å². The van der Waals surface area contributed by atoms with Crippen LogP contribution in [-0.4, -0.2) is 11.0 Å². The number of aromatic nitrogens is 1. The van der Waals surface area contributed by atoms with Gasteiger partial charge in [-0.25, -0.2) is 4.98 Å². The van der Waals surface area contributed by atoms with Crippen LogP contribution < -0.4 is 5.32 Å². The first kappa shape index (κ1) is 14.7. The quantitative estimate of drug-likeness (QED) is 0.874. The van der Waals surface area contributed by atoms with Crippen molar-refractivity contribution in [3.8, 4) is 10.6 Å². The second kappa shape index (κ2) is 6.16. The van der Waals surface area contributed by atoms with Crippen molar-refractivity contribution < 1.29 is 0 Å². The third-order valence-electron chi connectivity index (χ3n) is 2.93. The van der Waals surface area contributed by atoms with Gasteiger partial charge in [0.25, 0.3) is 0 Å². The fourth-order valence-corrected chi connectivity index (χ4v) is 2.94. The first-order chi connectivity index (χ1) is 8.97. The number of rotatable bonds is 4. The van der Waals surface area contributed by atoms with Crippen LogP contribution in [0.4, 0.5) is 0 Å². The van der Waals surface area contributed by atoms with Crippen molar-refractivity contribution in [1.82, 2.24) is 10.3 Å². The number of thiazole rings is 1. The summed E-state index contributed by atoms with van der Waals surface area (Å²) >= 11 is 5.32. The van der Waals surface area contributed by atoms with Crippen LogP contribution in [0.5, 0.6) is 0 Å². The second-order valence-electron chi connectivity index (χ2n) is 5.10. The van der Waals surface area contributed by atoms with E-state index in [1.54, 1.807) is 11.3 Å². The van der Waals surface area contributed by atoms with E-state index in [1.807, 2.05) is 0 Å². The molecular formula is C15H19BrN2S. The summed E-state index contributed by atoms with van der Waals surface area (Å²) < 4.78 is 1.19. The molecule has 1 N–H and O–H groups in total.